The van der Waals surface area contributed by atoms with Gasteiger partial charge in [-0.2, -0.15) is 0 Å². The quantitative estimate of drug-likeness (QED) is 0.727. The third-order valence-electron chi connectivity index (χ3n) is 1.47. The number of aryl methyl sites for hydroxylation is 1. The van der Waals surface area contributed by atoms with Gasteiger partial charge in [0.1, 0.15) is 5.92 Å². The van der Waals surface area contributed by atoms with Crippen molar-refractivity contribution < 1.29 is 15.0 Å². The Morgan fingerprint density at radius 3 is 2.83 bits per heavy atom. The van der Waals surface area contributed by atoms with Gasteiger partial charge in [0, 0.05) is 5.38 Å². The van der Waals surface area contributed by atoms with Crippen molar-refractivity contribution in [1.29, 1.82) is 0 Å². The molecule has 0 aliphatic carbocycles. The Hall–Kier alpha value is -0.940. The van der Waals surface area contributed by atoms with Crippen molar-refractivity contribution in [3.05, 3.63) is 16.1 Å². The van der Waals surface area contributed by atoms with Gasteiger partial charge >= 0.3 is 5.97 Å². The van der Waals surface area contributed by atoms with Crippen LogP contribution in [0, 0.1) is 6.92 Å². The van der Waals surface area contributed by atoms with Crippen LogP contribution >= 0.6 is 11.3 Å². The molecule has 5 heteroatoms. The van der Waals surface area contributed by atoms with Crippen LogP contribution < -0.4 is 0 Å². The maximum atomic E-state index is 10.5. The maximum Gasteiger partial charge on any atom is 0.314 e. The lowest BCUT2D eigenvalue weighted by Gasteiger charge is -2.03. The molecule has 1 aromatic heterocycles. The van der Waals surface area contributed by atoms with Crippen LogP contribution in [0.25, 0.3) is 0 Å². The number of rotatable bonds is 3. The number of aliphatic carboxylic acids is 1. The number of thiazole rings is 1. The highest BCUT2D eigenvalue weighted by Gasteiger charge is 2.20. The van der Waals surface area contributed by atoms with Crippen LogP contribution in [-0.4, -0.2) is 27.8 Å². The molecule has 0 fully saturated rings. The molecular weight excluding hydrogens is 178 g/mol. The first-order valence-electron chi connectivity index (χ1n) is 3.41. The monoisotopic (exact) mass is 187 g/mol. The minimum absolute atomic E-state index is 0.404. The zero-order valence-corrected chi connectivity index (χ0v) is 7.34. The van der Waals surface area contributed by atoms with Crippen molar-refractivity contribution in [2.24, 2.45) is 0 Å². The molecule has 0 aliphatic rings. The van der Waals surface area contributed by atoms with Crippen molar-refractivity contribution in [2.45, 2.75) is 12.8 Å². The molecule has 2 N–H and O–H groups in total. The normalized spacial score (nSPS) is 12.8. The second-order valence-corrected chi connectivity index (χ2v) is 3.43. The molecule has 66 valence electrons. The van der Waals surface area contributed by atoms with Gasteiger partial charge in [-0.1, -0.05) is 0 Å². The number of carboxylic acid groups (broad SMARTS) is 1. The molecule has 1 rings (SSSR count). The third kappa shape index (κ3) is 1.80. The van der Waals surface area contributed by atoms with Gasteiger partial charge in [0.2, 0.25) is 0 Å². The van der Waals surface area contributed by atoms with Crippen LogP contribution in [-0.2, 0) is 4.79 Å². The van der Waals surface area contributed by atoms with E-state index in [0.717, 1.165) is 5.01 Å². The van der Waals surface area contributed by atoms with Gasteiger partial charge in [0.15, 0.2) is 0 Å². The fraction of sp³-hybridized carbons (Fsp3) is 0.429. The van der Waals surface area contributed by atoms with E-state index >= 15 is 0 Å². The van der Waals surface area contributed by atoms with Crippen molar-refractivity contribution in [1.82, 2.24) is 4.98 Å². The van der Waals surface area contributed by atoms with E-state index in [4.69, 9.17) is 10.2 Å². The minimum atomic E-state index is -1.04. The fourth-order valence-corrected chi connectivity index (χ4v) is 1.50. The third-order valence-corrected chi connectivity index (χ3v) is 2.27. The molecule has 1 aromatic rings. The molecule has 0 saturated heterocycles. The Kier molecular flexibility index (Phi) is 2.78. The van der Waals surface area contributed by atoms with Crippen molar-refractivity contribution in [3.63, 3.8) is 0 Å². The van der Waals surface area contributed by atoms with E-state index < -0.39 is 18.5 Å². The van der Waals surface area contributed by atoms with E-state index in [1.54, 1.807) is 12.3 Å². The summed E-state index contributed by atoms with van der Waals surface area (Å²) in [5.74, 6) is -1.92. The first-order chi connectivity index (χ1) is 5.65. The summed E-state index contributed by atoms with van der Waals surface area (Å²) >= 11 is 1.38. The highest BCUT2D eigenvalue weighted by Crippen LogP contribution is 2.17. The minimum Gasteiger partial charge on any atom is -0.481 e. The zero-order valence-electron chi connectivity index (χ0n) is 6.52. The fourth-order valence-electron chi connectivity index (χ4n) is 0.838. The number of carbonyl (C=O) groups is 1. The van der Waals surface area contributed by atoms with Crippen LogP contribution in [0.2, 0.25) is 0 Å². The number of aliphatic hydroxyl groups is 1. The first kappa shape index (κ1) is 9.15. The van der Waals surface area contributed by atoms with Gasteiger partial charge in [-0.3, -0.25) is 4.79 Å². The standard InChI is InChI=1S/C7H9NO3S/c1-4-8-6(3-12-4)5(2-9)7(10)11/h3,5,9H,2H2,1H3,(H,10,11). The van der Waals surface area contributed by atoms with E-state index in [1.165, 1.54) is 11.3 Å². The van der Waals surface area contributed by atoms with Crippen LogP contribution in [0.4, 0.5) is 0 Å². The van der Waals surface area contributed by atoms with Crippen molar-refractivity contribution in [2.75, 3.05) is 6.61 Å². The Labute approximate surface area is 73.5 Å². The molecule has 0 aromatic carbocycles. The average molecular weight is 187 g/mol. The Morgan fingerprint density at radius 2 is 2.50 bits per heavy atom. The first-order valence-corrected chi connectivity index (χ1v) is 4.28. The van der Waals surface area contributed by atoms with Gasteiger partial charge in [-0.05, 0) is 6.92 Å². The van der Waals surface area contributed by atoms with Gasteiger partial charge in [0.05, 0.1) is 17.3 Å². The summed E-state index contributed by atoms with van der Waals surface area (Å²) in [6.45, 7) is 1.39. The average Bonchev–Trinajstić information content (AvgIpc) is 2.37. The molecule has 0 amide bonds. The molecule has 0 aliphatic heterocycles. The molecule has 4 nitrogen and oxygen atoms in total. The molecule has 0 saturated carbocycles. The molecule has 12 heavy (non-hydrogen) atoms. The molecular formula is C7H9NO3S. The van der Waals surface area contributed by atoms with Gasteiger partial charge < -0.3 is 10.2 Å². The summed E-state index contributed by atoms with van der Waals surface area (Å²) in [6, 6.07) is 0. The van der Waals surface area contributed by atoms with Crippen molar-refractivity contribution in [3.8, 4) is 0 Å². The summed E-state index contributed by atoms with van der Waals surface area (Å²) in [4.78, 5) is 14.5. The zero-order chi connectivity index (χ0) is 9.14. The van der Waals surface area contributed by atoms with Gasteiger partial charge in [0.25, 0.3) is 0 Å². The Balaban J connectivity index is 2.87. The second-order valence-electron chi connectivity index (χ2n) is 2.36. The highest BCUT2D eigenvalue weighted by atomic mass is 32.1. The molecule has 0 spiro atoms. The summed E-state index contributed by atoms with van der Waals surface area (Å²) in [6.07, 6.45) is 0. The maximum absolute atomic E-state index is 10.5. The molecule has 1 atom stereocenters. The predicted molar refractivity (Wildman–Crippen MR) is 44.3 cm³/mol. The Bertz CT molecular complexity index is 284. The van der Waals surface area contributed by atoms with Crippen molar-refractivity contribution >= 4 is 17.3 Å². The topological polar surface area (TPSA) is 70.4 Å². The number of aromatic nitrogens is 1. The van der Waals surface area contributed by atoms with E-state index in [9.17, 15) is 4.79 Å². The lowest BCUT2D eigenvalue weighted by Crippen LogP contribution is -2.15. The predicted octanol–water partition coefficient (Wildman–Crippen LogP) is 0.612. The summed E-state index contributed by atoms with van der Waals surface area (Å²) in [7, 11) is 0. The van der Waals surface area contributed by atoms with Crippen LogP contribution in [0.15, 0.2) is 5.38 Å². The largest absolute Gasteiger partial charge is 0.481 e. The highest BCUT2D eigenvalue weighted by molar-refractivity contribution is 7.09. The number of carboxylic acids is 1. The summed E-state index contributed by atoms with van der Waals surface area (Å²) in [5.41, 5.74) is 0.438. The number of nitrogens with zero attached hydrogens (tertiary/aromatic N) is 1. The number of hydrogen-bond donors (Lipinski definition) is 2. The van der Waals surface area contributed by atoms with Crippen LogP contribution in [0.5, 0.6) is 0 Å². The number of aliphatic hydroxyl groups excluding tert-OH is 1. The molecule has 0 radical (unpaired) electrons. The van der Waals surface area contributed by atoms with Gasteiger partial charge in [-0.15, -0.1) is 11.3 Å². The number of hydrogen-bond acceptors (Lipinski definition) is 4. The summed E-state index contributed by atoms with van der Waals surface area (Å²) in [5, 5.41) is 19.9. The SMILES string of the molecule is Cc1nc(C(CO)C(=O)O)cs1. The molecule has 0 bridgehead atoms. The summed E-state index contributed by atoms with van der Waals surface area (Å²) < 4.78 is 0. The second kappa shape index (κ2) is 3.64. The van der Waals surface area contributed by atoms with E-state index in [1.807, 2.05) is 0 Å². The van der Waals surface area contributed by atoms with Crippen LogP contribution in [0.1, 0.15) is 16.6 Å². The van der Waals surface area contributed by atoms with Crippen LogP contribution in [0.3, 0.4) is 0 Å². The molecule has 1 unspecified atom stereocenters. The Morgan fingerprint density at radius 1 is 1.83 bits per heavy atom. The van der Waals surface area contributed by atoms with E-state index in [0.29, 0.717) is 5.69 Å². The lowest BCUT2D eigenvalue weighted by atomic mass is 10.1. The molecule has 1 heterocycles. The van der Waals surface area contributed by atoms with E-state index in [-0.39, 0.29) is 0 Å². The van der Waals surface area contributed by atoms with Gasteiger partial charge in [-0.25, -0.2) is 4.98 Å². The smallest absolute Gasteiger partial charge is 0.314 e. The lowest BCUT2D eigenvalue weighted by molar-refractivity contribution is -0.139. The van der Waals surface area contributed by atoms with E-state index in [2.05, 4.69) is 4.98 Å².